The van der Waals surface area contributed by atoms with Crippen molar-refractivity contribution < 1.29 is 4.79 Å². The summed E-state index contributed by atoms with van der Waals surface area (Å²) in [7, 11) is 0. The number of aryl methyl sites for hydroxylation is 2. The number of hydrogen-bond acceptors (Lipinski definition) is 4. The molecule has 3 heterocycles. The van der Waals surface area contributed by atoms with Crippen molar-refractivity contribution in [3.63, 3.8) is 0 Å². The van der Waals surface area contributed by atoms with Gasteiger partial charge in [0.1, 0.15) is 11.6 Å². The Morgan fingerprint density at radius 2 is 2.07 bits per heavy atom. The van der Waals surface area contributed by atoms with Crippen molar-refractivity contribution in [3.05, 3.63) is 11.6 Å². The predicted octanol–water partition coefficient (Wildman–Crippen LogP) is 1.33. The lowest BCUT2D eigenvalue weighted by atomic mass is 9.99. The van der Waals surface area contributed by atoms with E-state index in [1.165, 1.54) is 0 Å². The minimum Gasteiger partial charge on any atom is -0.357 e. The Hall–Kier alpha value is -1.39. The number of aliphatic imine (C=N–C) groups is 1. The highest BCUT2D eigenvalue weighted by Crippen LogP contribution is 2.20. The second kappa shape index (κ2) is 10.2. The average Bonchev–Trinajstić information content (AvgIpc) is 3.26. The van der Waals surface area contributed by atoms with Crippen LogP contribution in [0.15, 0.2) is 4.99 Å². The van der Waals surface area contributed by atoms with E-state index in [1.54, 1.807) is 0 Å². The number of halogens is 1. The highest BCUT2D eigenvalue weighted by Gasteiger charge is 2.26. The summed E-state index contributed by atoms with van der Waals surface area (Å²) in [6.45, 7) is 10.2. The minimum absolute atomic E-state index is 0. The Morgan fingerprint density at radius 1 is 1.26 bits per heavy atom. The van der Waals surface area contributed by atoms with E-state index in [4.69, 9.17) is 4.99 Å². The molecule has 1 aromatic rings. The Bertz CT molecular complexity index is 660. The third-order valence-corrected chi connectivity index (χ3v) is 5.27. The molecule has 152 valence electrons. The van der Waals surface area contributed by atoms with Crippen LogP contribution in [0.25, 0.3) is 0 Å². The number of fused-ring (bicyclic) bond motifs is 1. The predicted molar refractivity (Wildman–Crippen MR) is 116 cm³/mol. The molecule has 0 aliphatic carbocycles. The maximum atomic E-state index is 11.8. The van der Waals surface area contributed by atoms with Gasteiger partial charge in [-0.3, -0.25) is 9.79 Å². The van der Waals surface area contributed by atoms with Crippen molar-refractivity contribution >= 4 is 35.8 Å². The Balaban J connectivity index is 0.00000261. The van der Waals surface area contributed by atoms with Gasteiger partial charge in [-0.1, -0.05) is 6.92 Å². The molecule has 2 N–H and O–H groups in total. The number of carbonyl (C=O) groups is 1. The molecule has 2 unspecified atom stereocenters. The molecule has 1 fully saturated rings. The summed E-state index contributed by atoms with van der Waals surface area (Å²) in [5, 5.41) is 15.2. The number of likely N-dealkylation sites (tertiary alicyclic amines) is 1. The van der Waals surface area contributed by atoms with E-state index in [1.807, 2.05) is 18.7 Å². The summed E-state index contributed by atoms with van der Waals surface area (Å²) < 4.78 is 2.22. The first kappa shape index (κ1) is 21.9. The summed E-state index contributed by atoms with van der Waals surface area (Å²) in [4.78, 5) is 18.6. The molecule has 0 aromatic carbocycles. The fourth-order valence-electron chi connectivity index (χ4n) is 3.74. The van der Waals surface area contributed by atoms with Gasteiger partial charge in [0.15, 0.2) is 5.96 Å². The second-order valence-corrected chi connectivity index (χ2v) is 7.22. The van der Waals surface area contributed by atoms with Gasteiger partial charge in [-0.05, 0) is 32.6 Å². The molecule has 0 spiro atoms. The lowest BCUT2D eigenvalue weighted by Gasteiger charge is -2.23. The maximum Gasteiger partial charge on any atom is 0.222 e. The van der Waals surface area contributed by atoms with Crippen LogP contribution in [0, 0.1) is 12.8 Å². The van der Waals surface area contributed by atoms with Crippen LogP contribution in [0.3, 0.4) is 0 Å². The molecule has 3 rings (SSSR count). The summed E-state index contributed by atoms with van der Waals surface area (Å²) >= 11 is 0. The number of hydrogen-bond donors (Lipinski definition) is 2. The quantitative estimate of drug-likeness (QED) is 0.370. The molecular formula is C18H32IN7O. The molecule has 27 heavy (non-hydrogen) atoms. The number of nitrogens with zero attached hydrogens (tertiary/aromatic N) is 5. The van der Waals surface area contributed by atoms with Gasteiger partial charge in [0.05, 0.1) is 0 Å². The number of aromatic nitrogens is 3. The topological polar surface area (TPSA) is 87.4 Å². The zero-order valence-electron chi connectivity index (χ0n) is 16.6. The third-order valence-electron chi connectivity index (χ3n) is 5.27. The molecule has 1 saturated heterocycles. The largest absolute Gasteiger partial charge is 0.357 e. The van der Waals surface area contributed by atoms with Crippen molar-refractivity contribution in [2.45, 2.75) is 59.0 Å². The first-order valence-electron chi connectivity index (χ1n) is 9.82. The highest BCUT2D eigenvalue weighted by atomic mass is 127. The number of amides is 1. The van der Waals surface area contributed by atoms with E-state index >= 15 is 0 Å². The normalized spacial score (nSPS) is 22.2. The van der Waals surface area contributed by atoms with Crippen LogP contribution in [-0.4, -0.2) is 63.8 Å². The second-order valence-electron chi connectivity index (χ2n) is 7.22. The standard InChI is InChI=1S/C18H31N7O.HI/c1-4-17(26)24-9-8-15(12-24)21-18(19-5-2)20-10-14-6-7-16-23-22-13(3)25(16)11-14;/h14-15H,4-12H2,1-3H3,(H2,19,20,21);1H. The molecule has 0 radical (unpaired) electrons. The van der Waals surface area contributed by atoms with Gasteiger partial charge in [-0.15, -0.1) is 34.2 Å². The molecule has 2 atom stereocenters. The van der Waals surface area contributed by atoms with Crippen molar-refractivity contribution in [2.75, 3.05) is 26.2 Å². The summed E-state index contributed by atoms with van der Waals surface area (Å²) in [5.74, 6) is 3.69. The van der Waals surface area contributed by atoms with Crippen molar-refractivity contribution in [3.8, 4) is 0 Å². The fraction of sp³-hybridized carbons (Fsp3) is 0.778. The number of carbonyl (C=O) groups excluding carboxylic acids is 1. The van der Waals surface area contributed by atoms with Crippen molar-refractivity contribution in [2.24, 2.45) is 10.9 Å². The lowest BCUT2D eigenvalue weighted by Crippen LogP contribution is -2.45. The molecule has 2 aliphatic rings. The van der Waals surface area contributed by atoms with Crippen LogP contribution >= 0.6 is 24.0 Å². The molecule has 2 aliphatic heterocycles. The van der Waals surface area contributed by atoms with Crippen molar-refractivity contribution in [1.82, 2.24) is 30.3 Å². The number of rotatable bonds is 5. The van der Waals surface area contributed by atoms with E-state index in [0.29, 0.717) is 12.3 Å². The molecule has 0 bridgehead atoms. The zero-order valence-corrected chi connectivity index (χ0v) is 18.9. The zero-order chi connectivity index (χ0) is 18.5. The van der Waals surface area contributed by atoms with Gasteiger partial charge >= 0.3 is 0 Å². The molecule has 8 nitrogen and oxygen atoms in total. The van der Waals surface area contributed by atoms with Gasteiger partial charge < -0.3 is 20.1 Å². The van der Waals surface area contributed by atoms with Crippen LogP contribution in [-0.2, 0) is 17.8 Å². The van der Waals surface area contributed by atoms with Crippen LogP contribution < -0.4 is 10.6 Å². The summed E-state index contributed by atoms with van der Waals surface area (Å²) in [6.07, 6.45) is 3.63. The van der Waals surface area contributed by atoms with E-state index < -0.39 is 0 Å². The molecule has 1 amide bonds. The smallest absolute Gasteiger partial charge is 0.222 e. The van der Waals surface area contributed by atoms with Gasteiger partial charge in [0.2, 0.25) is 5.91 Å². The van der Waals surface area contributed by atoms with Gasteiger partial charge in [-0.25, -0.2) is 0 Å². The van der Waals surface area contributed by atoms with Crippen LogP contribution in [0.2, 0.25) is 0 Å². The number of nitrogens with one attached hydrogen (secondary N) is 2. The van der Waals surface area contributed by atoms with Crippen LogP contribution in [0.1, 0.15) is 44.8 Å². The monoisotopic (exact) mass is 489 g/mol. The molecule has 9 heteroatoms. The first-order valence-corrected chi connectivity index (χ1v) is 9.82. The summed E-state index contributed by atoms with van der Waals surface area (Å²) in [6, 6.07) is 0.279. The lowest BCUT2D eigenvalue weighted by molar-refractivity contribution is -0.129. The minimum atomic E-state index is 0. The fourth-order valence-corrected chi connectivity index (χ4v) is 3.74. The molecule has 0 saturated carbocycles. The Morgan fingerprint density at radius 3 is 2.81 bits per heavy atom. The molecular weight excluding hydrogens is 457 g/mol. The first-order chi connectivity index (χ1) is 12.6. The van der Waals surface area contributed by atoms with Crippen LogP contribution in [0.5, 0.6) is 0 Å². The SMILES string of the molecule is CCNC(=NCC1CCc2nnc(C)n2C1)NC1CCN(C(=O)CC)C1.I. The van der Waals surface area contributed by atoms with Gasteiger partial charge in [-0.2, -0.15) is 0 Å². The molecule has 1 aromatic heterocycles. The Labute approximate surface area is 178 Å². The van der Waals surface area contributed by atoms with Gasteiger partial charge in [0, 0.05) is 51.6 Å². The third kappa shape index (κ3) is 5.55. The van der Waals surface area contributed by atoms with E-state index in [-0.39, 0.29) is 35.9 Å². The maximum absolute atomic E-state index is 11.8. The number of guanidine groups is 1. The van der Waals surface area contributed by atoms with E-state index in [0.717, 1.165) is 69.6 Å². The summed E-state index contributed by atoms with van der Waals surface area (Å²) in [5.41, 5.74) is 0. The van der Waals surface area contributed by atoms with E-state index in [2.05, 4.69) is 32.3 Å². The highest BCUT2D eigenvalue weighted by molar-refractivity contribution is 14.0. The van der Waals surface area contributed by atoms with Crippen LogP contribution in [0.4, 0.5) is 0 Å². The van der Waals surface area contributed by atoms with Gasteiger partial charge in [0.25, 0.3) is 0 Å². The van der Waals surface area contributed by atoms with E-state index in [9.17, 15) is 4.79 Å². The van der Waals surface area contributed by atoms with Crippen molar-refractivity contribution in [1.29, 1.82) is 0 Å². The average molecular weight is 489 g/mol. The Kier molecular flexibility index (Phi) is 8.30.